The molecule has 0 unspecified atom stereocenters. The molecule has 0 spiro atoms. The summed E-state index contributed by atoms with van der Waals surface area (Å²) in [5.41, 5.74) is 2.38. The largest absolute Gasteiger partial charge is 0.476 e. The molecule has 5 nitrogen and oxygen atoms in total. The fourth-order valence-electron chi connectivity index (χ4n) is 1.88. The number of rotatable bonds is 5. The number of benzene rings is 1. The number of ether oxygens (including phenoxy) is 1. The zero-order valence-electron chi connectivity index (χ0n) is 11.4. The molecule has 0 aliphatic carbocycles. The average molecular weight is 272 g/mol. The van der Waals surface area contributed by atoms with Crippen molar-refractivity contribution in [1.29, 1.82) is 0 Å². The first-order valence-electron chi connectivity index (χ1n) is 6.39. The van der Waals surface area contributed by atoms with Crippen LogP contribution in [0, 0.1) is 0 Å². The smallest absolute Gasteiger partial charge is 0.356 e. The van der Waals surface area contributed by atoms with E-state index in [-0.39, 0.29) is 11.8 Å². The standard InChI is InChI=1S/C15H16N2O3/c1-3-20-10(2)11-4-6-12(7-5-11)13-8-16-9-14(17-13)15(18)19/h4-10H,3H2,1-2H3,(H,18,19)/t10-/m1/s1. The number of carboxylic acids is 1. The van der Waals surface area contributed by atoms with Crippen molar-refractivity contribution in [2.75, 3.05) is 6.61 Å². The van der Waals surface area contributed by atoms with Crippen LogP contribution >= 0.6 is 0 Å². The van der Waals surface area contributed by atoms with Crippen molar-refractivity contribution >= 4 is 5.97 Å². The molecular formula is C15H16N2O3. The lowest BCUT2D eigenvalue weighted by atomic mass is 10.1. The van der Waals surface area contributed by atoms with E-state index >= 15 is 0 Å². The summed E-state index contributed by atoms with van der Waals surface area (Å²) in [7, 11) is 0. The summed E-state index contributed by atoms with van der Waals surface area (Å²) in [6.45, 7) is 4.61. The molecule has 0 fully saturated rings. The van der Waals surface area contributed by atoms with Gasteiger partial charge in [0.1, 0.15) is 0 Å². The second-order valence-electron chi connectivity index (χ2n) is 4.31. The van der Waals surface area contributed by atoms with Crippen LogP contribution in [0.25, 0.3) is 11.3 Å². The summed E-state index contributed by atoms with van der Waals surface area (Å²) in [6, 6.07) is 7.68. The van der Waals surface area contributed by atoms with E-state index in [2.05, 4.69) is 9.97 Å². The van der Waals surface area contributed by atoms with Crippen LogP contribution in [0.1, 0.15) is 36.0 Å². The lowest BCUT2D eigenvalue weighted by molar-refractivity contribution is 0.0690. The van der Waals surface area contributed by atoms with E-state index in [1.165, 1.54) is 6.20 Å². The molecular weight excluding hydrogens is 256 g/mol. The third-order valence-corrected chi connectivity index (χ3v) is 2.95. The van der Waals surface area contributed by atoms with Gasteiger partial charge >= 0.3 is 5.97 Å². The van der Waals surface area contributed by atoms with Gasteiger partial charge in [-0.2, -0.15) is 0 Å². The topological polar surface area (TPSA) is 72.3 Å². The Labute approximate surface area is 117 Å². The minimum Gasteiger partial charge on any atom is -0.476 e. The average Bonchev–Trinajstić information content (AvgIpc) is 2.48. The lowest BCUT2D eigenvalue weighted by Crippen LogP contribution is -2.02. The molecule has 5 heteroatoms. The van der Waals surface area contributed by atoms with Gasteiger partial charge in [-0.05, 0) is 19.4 Å². The Balaban J connectivity index is 2.26. The maximum absolute atomic E-state index is 10.9. The van der Waals surface area contributed by atoms with Crippen LogP contribution in [0.5, 0.6) is 0 Å². The molecule has 1 N–H and O–H groups in total. The summed E-state index contributed by atoms with van der Waals surface area (Å²) in [4.78, 5) is 18.8. The molecule has 0 bridgehead atoms. The van der Waals surface area contributed by atoms with Gasteiger partial charge in [0, 0.05) is 12.2 Å². The van der Waals surface area contributed by atoms with Crippen molar-refractivity contribution in [2.24, 2.45) is 0 Å². The zero-order chi connectivity index (χ0) is 14.5. The Bertz CT molecular complexity index is 596. The quantitative estimate of drug-likeness (QED) is 0.906. The maximum atomic E-state index is 10.9. The number of hydrogen-bond donors (Lipinski definition) is 1. The van der Waals surface area contributed by atoms with E-state index in [0.29, 0.717) is 12.3 Å². The summed E-state index contributed by atoms with van der Waals surface area (Å²) in [5.74, 6) is -1.08. The Morgan fingerprint density at radius 3 is 2.60 bits per heavy atom. The van der Waals surface area contributed by atoms with Crippen LogP contribution in [0.2, 0.25) is 0 Å². The van der Waals surface area contributed by atoms with E-state index in [0.717, 1.165) is 11.1 Å². The van der Waals surface area contributed by atoms with E-state index in [9.17, 15) is 4.79 Å². The molecule has 2 rings (SSSR count). The Morgan fingerprint density at radius 1 is 1.30 bits per heavy atom. The molecule has 1 aromatic heterocycles. The van der Waals surface area contributed by atoms with Crippen molar-refractivity contribution in [3.63, 3.8) is 0 Å². The van der Waals surface area contributed by atoms with Crippen LogP contribution in [0.3, 0.4) is 0 Å². The summed E-state index contributed by atoms with van der Waals surface area (Å²) in [6.07, 6.45) is 2.82. The van der Waals surface area contributed by atoms with Gasteiger partial charge in [0.15, 0.2) is 5.69 Å². The van der Waals surface area contributed by atoms with Crippen LogP contribution in [0.15, 0.2) is 36.7 Å². The number of carbonyl (C=O) groups is 1. The Hall–Kier alpha value is -2.27. The lowest BCUT2D eigenvalue weighted by Gasteiger charge is -2.12. The van der Waals surface area contributed by atoms with Gasteiger partial charge in [-0.15, -0.1) is 0 Å². The van der Waals surface area contributed by atoms with Crippen molar-refractivity contribution in [1.82, 2.24) is 9.97 Å². The fourth-order valence-corrected chi connectivity index (χ4v) is 1.88. The van der Waals surface area contributed by atoms with Crippen molar-refractivity contribution in [2.45, 2.75) is 20.0 Å². The van der Waals surface area contributed by atoms with Crippen LogP contribution in [-0.2, 0) is 4.74 Å². The fraction of sp³-hybridized carbons (Fsp3) is 0.267. The highest BCUT2D eigenvalue weighted by Gasteiger charge is 2.09. The van der Waals surface area contributed by atoms with Crippen LogP contribution in [-0.4, -0.2) is 27.7 Å². The third-order valence-electron chi connectivity index (χ3n) is 2.95. The third kappa shape index (κ3) is 3.19. The minimum atomic E-state index is -1.08. The molecule has 20 heavy (non-hydrogen) atoms. The molecule has 0 saturated heterocycles. The molecule has 0 amide bonds. The first kappa shape index (κ1) is 14.1. The summed E-state index contributed by atoms with van der Waals surface area (Å²) in [5, 5.41) is 8.91. The molecule has 0 saturated carbocycles. The molecule has 1 atom stereocenters. The molecule has 1 aromatic carbocycles. The van der Waals surface area contributed by atoms with Crippen molar-refractivity contribution < 1.29 is 14.6 Å². The van der Waals surface area contributed by atoms with Gasteiger partial charge < -0.3 is 9.84 Å². The van der Waals surface area contributed by atoms with E-state index in [1.54, 1.807) is 6.20 Å². The van der Waals surface area contributed by atoms with E-state index in [4.69, 9.17) is 9.84 Å². The highest BCUT2D eigenvalue weighted by Crippen LogP contribution is 2.21. The minimum absolute atomic E-state index is 0.0329. The Morgan fingerprint density at radius 2 is 2.00 bits per heavy atom. The number of nitrogens with zero attached hydrogens (tertiary/aromatic N) is 2. The highest BCUT2D eigenvalue weighted by molar-refractivity contribution is 5.85. The number of aromatic nitrogens is 2. The maximum Gasteiger partial charge on any atom is 0.356 e. The molecule has 1 heterocycles. The molecule has 0 aliphatic rings. The van der Waals surface area contributed by atoms with Gasteiger partial charge in [0.2, 0.25) is 0 Å². The summed E-state index contributed by atoms with van der Waals surface area (Å²) < 4.78 is 5.52. The van der Waals surface area contributed by atoms with Crippen LogP contribution in [0.4, 0.5) is 0 Å². The van der Waals surface area contributed by atoms with Crippen LogP contribution < -0.4 is 0 Å². The van der Waals surface area contributed by atoms with Gasteiger partial charge in [-0.3, -0.25) is 4.98 Å². The predicted molar refractivity (Wildman–Crippen MR) is 74.5 cm³/mol. The van der Waals surface area contributed by atoms with Gasteiger partial charge in [-0.25, -0.2) is 9.78 Å². The number of carboxylic acid groups (broad SMARTS) is 1. The monoisotopic (exact) mass is 272 g/mol. The molecule has 104 valence electrons. The van der Waals surface area contributed by atoms with Crippen molar-refractivity contribution in [3.05, 3.63) is 47.9 Å². The Kier molecular flexibility index (Phi) is 4.42. The molecule has 0 aliphatic heterocycles. The van der Waals surface area contributed by atoms with Crippen molar-refractivity contribution in [3.8, 4) is 11.3 Å². The first-order chi connectivity index (χ1) is 9.61. The van der Waals surface area contributed by atoms with Gasteiger partial charge in [0.05, 0.1) is 24.2 Å². The molecule has 2 aromatic rings. The van der Waals surface area contributed by atoms with E-state index in [1.807, 2.05) is 38.1 Å². The second-order valence-corrected chi connectivity index (χ2v) is 4.31. The molecule has 0 radical (unpaired) electrons. The predicted octanol–water partition coefficient (Wildman–Crippen LogP) is 2.94. The number of hydrogen-bond acceptors (Lipinski definition) is 4. The zero-order valence-corrected chi connectivity index (χ0v) is 11.4. The normalized spacial score (nSPS) is 12.1. The SMILES string of the molecule is CCO[C@H](C)c1ccc(-c2cncc(C(=O)O)n2)cc1. The highest BCUT2D eigenvalue weighted by atomic mass is 16.5. The summed E-state index contributed by atoms with van der Waals surface area (Å²) >= 11 is 0. The second kappa shape index (κ2) is 6.25. The van der Waals surface area contributed by atoms with Gasteiger partial charge in [0.25, 0.3) is 0 Å². The number of aromatic carboxylic acids is 1. The first-order valence-corrected chi connectivity index (χ1v) is 6.39. The van der Waals surface area contributed by atoms with Gasteiger partial charge in [-0.1, -0.05) is 24.3 Å². The van der Waals surface area contributed by atoms with E-state index < -0.39 is 5.97 Å².